The van der Waals surface area contributed by atoms with Gasteiger partial charge in [0, 0.05) is 11.1 Å². The summed E-state index contributed by atoms with van der Waals surface area (Å²) in [5, 5.41) is 9.99. The minimum Gasteiger partial charge on any atom is -0.480 e. The van der Waals surface area contributed by atoms with Gasteiger partial charge in [0.25, 0.3) is 0 Å². The van der Waals surface area contributed by atoms with Gasteiger partial charge in [-0.25, -0.2) is 9.59 Å². The van der Waals surface area contributed by atoms with Crippen molar-refractivity contribution in [3.05, 3.63) is 113 Å². The molecule has 1 aliphatic heterocycles. The first-order chi connectivity index (χ1) is 18.4. The number of carboxylic acids is 1. The van der Waals surface area contributed by atoms with Crippen LogP contribution in [0.5, 0.6) is 0 Å². The lowest BCUT2D eigenvalue weighted by molar-refractivity contribution is -0.168. The molecular formula is C31H28N2O5. The molecule has 7 heteroatoms. The van der Waals surface area contributed by atoms with E-state index < -0.39 is 35.8 Å². The number of likely N-dealkylation sites (tertiary alicyclic amines) is 1. The van der Waals surface area contributed by atoms with Crippen LogP contribution in [0.15, 0.2) is 106 Å². The van der Waals surface area contributed by atoms with E-state index in [0.717, 1.165) is 5.56 Å². The van der Waals surface area contributed by atoms with E-state index in [2.05, 4.69) is 0 Å². The predicted molar refractivity (Wildman–Crippen MR) is 145 cm³/mol. The Labute approximate surface area is 220 Å². The molecule has 192 valence electrons. The number of oxazole rings is 1. The van der Waals surface area contributed by atoms with Crippen LogP contribution in [0, 0.1) is 5.92 Å². The van der Waals surface area contributed by atoms with Crippen molar-refractivity contribution in [1.29, 1.82) is 0 Å². The van der Waals surface area contributed by atoms with Crippen LogP contribution in [-0.4, -0.2) is 38.5 Å². The number of β-lactam (4-membered cyclic amide) rings is 1. The quantitative estimate of drug-likeness (QED) is 0.324. The zero-order valence-electron chi connectivity index (χ0n) is 21.1. The Hall–Kier alpha value is -4.65. The van der Waals surface area contributed by atoms with Gasteiger partial charge in [0.1, 0.15) is 12.1 Å². The summed E-state index contributed by atoms with van der Waals surface area (Å²) in [5.74, 6) is -2.17. The molecule has 1 amide bonds. The fraction of sp³-hybridized carbons (Fsp3) is 0.194. The van der Waals surface area contributed by atoms with Crippen molar-refractivity contribution >= 4 is 18.0 Å². The van der Waals surface area contributed by atoms with E-state index in [1.54, 1.807) is 19.9 Å². The molecule has 1 saturated heterocycles. The van der Waals surface area contributed by atoms with Crippen molar-refractivity contribution in [3.63, 3.8) is 0 Å². The molecule has 0 aliphatic carbocycles. The molecule has 0 saturated carbocycles. The Balaban J connectivity index is 1.68. The first-order valence-electron chi connectivity index (χ1n) is 12.5. The molecule has 2 heterocycles. The summed E-state index contributed by atoms with van der Waals surface area (Å²) in [7, 11) is 0. The van der Waals surface area contributed by atoms with Crippen molar-refractivity contribution in [2.75, 3.05) is 0 Å². The number of hydrogen-bond donors (Lipinski definition) is 1. The minimum absolute atomic E-state index is 0.334. The van der Waals surface area contributed by atoms with Crippen molar-refractivity contribution in [3.8, 4) is 22.6 Å². The number of nitrogens with zero attached hydrogens (tertiary/aromatic N) is 2. The fourth-order valence-electron chi connectivity index (χ4n) is 5.09. The van der Waals surface area contributed by atoms with Gasteiger partial charge in [0.05, 0.1) is 11.7 Å². The molecule has 1 fully saturated rings. The number of carbonyl (C=O) groups excluding carboxylic acids is 1. The topological polar surface area (TPSA) is 92.8 Å². The molecule has 1 aromatic heterocycles. The van der Waals surface area contributed by atoms with E-state index in [-0.39, 0.29) is 5.92 Å². The summed E-state index contributed by atoms with van der Waals surface area (Å²) in [4.78, 5) is 40.8. The van der Waals surface area contributed by atoms with Gasteiger partial charge in [-0.1, -0.05) is 117 Å². The second-order valence-electron chi connectivity index (χ2n) is 9.63. The van der Waals surface area contributed by atoms with Crippen LogP contribution in [0.3, 0.4) is 0 Å². The third-order valence-electron chi connectivity index (χ3n) is 6.83. The fourth-order valence-corrected chi connectivity index (χ4v) is 5.09. The number of hydrogen-bond acceptors (Lipinski definition) is 4. The Morgan fingerprint density at radius 3 is 1.97 bits per heavy atom. The zero-order valence-corrected chi connectivity index (χ0v) is 21.1. The molecule has 0 radical (unpaired) electrons. The summed E-state index contributed by atoms with van der Waals surface area (Å²) in [5.41, 5.74) is 2.80. The van der Waals surface area contributed by atoms with E-state index in [9.17, 15) is 19.5 Å². The van der Waals surface area contributed by atoms with Crippen LogP contribution in [0.2, 0.25) is 0 Å². The van der Waals surface area contributed by atoms with Crippen molar-refractivity contribution in [1.82, 2.24) is 9.47 Å². The summed E-state index contributed by atoms with van der Waals surface area (Å²) < 4.78 is 7.17. The number of rotatable bonds is 8. The van der Waals surface area contributed by atoms with E-state index in [1.165, 1.54) is 9.47 Å². The maximum absolute atomic E-state index is 13.7. The first kappa shape index (κ1) is 25.0. The molecule has 0 bridgehead atoms. The molecule has 0 spiro atoms. The van der Waals surface area contributed by atoms with E-state index in [0.29, 0.717) is 22.6 Å². The lowest BCUT2D eigenvalue weighted by Crippen LogP contribution is -2.67. The summed E-state index contributed by atoms with van der Waals surface area (Å²) in [6, 6.07) is 25.4. The molecule has 4 aromatic rings. The molecule has 5 rings (SSSR count). The highest BCUT2D eigenvalue weighted by Crippen LogP contribution is 2.41. The van der Waals surface area contributed by atoms with Crippen LogP contribution in [0.4, 0.5) is 0 Å². The molecule has 7 nitrogen and oxygen atoms in total. The largest absolute Gasteiger partial charge is 0.480 e. The number of aliphatic carboxylic acids is 1. The summed E-state index contributed by atoms with van der Waals surface area (Å²) >= 11 is 0. The smallest absolute Gasteiger partial charge is 0.420 e. The Morgan fingerprint density at radius 2 is 1.42 bits per heavy atom. The van der Waals surface area contributed by atoms with Gasteiger partial charge in [-0.3, -0.25) is 9.36 Å². The first-order valence-corrected chi connectivity index (χ1v) is 12.5. The number of carbonyl (C=O) groups is 2. The van der Waals surface area contributed by atoms with Gasteiger partial charge < -0.3 is 14.4 Å². The summed E-state index contributed by atoms with van der Waals surface area (Å²) in [6.07, 6.45) is 3.65. The van der Waals surface area contributed by atoms with E-state index in [1.807, 2.05) is 97.1 Å². The molecule has 38 heavy (non-hydrogen) atoms. The van der Waals surface area contributed by atoms with E-state index in [4.69, 9.17) is 4.42 Å². The molecule has 1 N–H and O–H groups in total. The van der Waals surface area contributed by atoms with Crippen LogP contribution < -0.4 is 5.76 Å². The van der Waals surface area contributed by atoms with E-state index >= 15 is 0 Å². The van der Waals surface area contributed by atoms with Crippen molar-refractivity contribution in [2.45, 2.75) is 32.0 Å². The van der Waals surface area contributed by atoms with Crippen LogP contribution in [0.1, 0.15) is 25.5 Å². The average Bonchev–Trinajstić information content (AvgIpc) is 3.26. The Morgan fingerprint density at radius 1 is 0.868 bits per heavy atom. The van der Waals surface area contributed by atoms with Gasteiger partial charge in [0.2, 0.25) is 5.91 Å². The van der Waals surface area contributed by atoms with Gasteiger partial charge in [0.15, 0.2) is 5.76 Å². The predicted octanol–water partition coefficient (Wildman–Crippen LogP) is 5.35. The molecule has 3 aromatic carbocycles. The Bertz CT molecular complexity index is 1520. The lowest BCUT2D eigenvalue weighted by atomic mass is 9.87. The maximum atomic E-state index is 13.7. The van der Waals surface area contributed by atoms with Gasteiger partial charge in [-0.05, 0) is 11.5 Å². The second kappa shape index (κ2) is 10.4. The van der Waals surface area contributed by atoms with Crippen molar-refractivity contribution < 1.29 is 19.1 Å². The normalized spacial score (nSPS) is 18.1. The van der Waals surface area contributed by atoms with Gasteiger partial charge in [-0.2, -0.15) is 0 Å². The SMILES string of the molecule is CC(C)[C@H](C(=O)O)N1C(=O)[C@@H](n2c(-c3ccccc3)c(-c3ccccc3)oc2=O)[C@H]1C=Cc1ccccc1. The monoisotopic (exact) mass is 508 g/mol. The third-order valence-corrected chi connectivity index (χ3v) is 6.83. The number of aromatic nitrogens is 1. The minimum atomic E-state index is -1.09. The third kappa shape index (κ3) is 4.47. The highest BCUT2D eigenvalue weighted by atomic mass is 16.4. The average molecular weight is 509 g/mol. The summed E-state index contributed by atoms with van der Waals surface area (Å²) in [6.45, 7) is 3.54. The maximum Gasteiger partial charge on any atom is 0.420 e. The zero-order chi connectivity index (χ0) is 26.8. The highest BCUT2D eigenvalue weighted by Gasteiger charge is 2.54. The highest BCUT2D eigenvalue weighted by molar-refractivity contribution is 5.94. The number of benzene rings is 3. The van der Waals surface area contributed by atoms with Crippen molar-refractivity contribution in [2.24, 2.45) is 5.92 Å². The number of amides is 1. The van der Waals surface area contributed by atoms with Crippen LogP contribution in [-0.2, 0) is 9.59 Å². The molecule has 1 aliphatic rings. The van der Waals surface area contributed by atoms with Gasteiger partial charge in [-0.15, -0.1) is 0 Å². The van der Waals surface area contributed by atoms with Gasteiger partial charge >= 0.3 is 11.7 Å². The van der Waals surface area contributed by atoms with Crippen LogP contribution in [0.25, 0.3) is 28.7 Å². The second-order valence-corrected chi connectivity index (χ2v) is 9.63. The standard InChI is InChI=1S/C31H28N2O5/c1-20(2)25(30(35)36)32-24(19-18-21-12-6-3-7-13-21)27(29(32)34)33-26(22-14-8-4-9-15-22)28(38-31(33)37)23-16-10-5-11-17-23/h3-20,24-25,27H,1-2H3,(H,35,36)/t24-,25-,27+/m1/s1. The molecule has 3 atom stereocenters. The Kier molecular flexibility index (Phi) is 6.83. The number of carboxylic acid groups (broad SMARTS) is 1. The lowest BCUT2D eigenvalue weighted by Gasteiger charge is -2.49. The molecule has 0 unspecified atom stereocenters. The molecular weight excluding hydrogens is 480 g/mol. The van der Waals surface area contributed by atoms with Crippen LogP contribution >= 0.6 is 0 Å².